The van der Waals surface area contributed by atoms with E-state index in [1.54, 1.807) is 6.07 Å². The summed E-state index contributed by atoms with van der Waals surface area (Å²) in [5.74, 6) is -0.291. The molecule has 0 aromatic heterocycles. The topological polar surface area (TPSA) is 41.1 Å². The van der Waals surface area contributed by atoms with Crippen molar-refractivity contribution in [3.05, 3.63) is 27.6 Å². The van der Waals surface area contributed by atoms with Gasteiger partial charge >= 0.3 is 0 Å². The van der Waals surface area contributed by atoms with E-state index in [1.165, 1.54) is 12.1 Å². The van der Waals surface area contributed by atoms with Crippen molar-refractivity contribution in [2.45, 2.75) is 38.1 Å². The molecule has 1 atom stereocenters. The van der Waals surface area contributed by atoms with Gasteiger partial charge in [-0.15, -0.1) is 0 Å². The number of carbonyl (C=O) groups is 1. The first kappa shape index (κ1) is 14.7. The van der Waals surface area contributed by atoms with E-state index in [0.717, 1.165) is 35.8 Å². The second-order valence-electron chi connectivity index (χ2n) is 4.94. The third-order valence-corrected chi connectivity index (χ3v) is 4.43. The lowest BCUT2D eigenvalue weighted by Crippen LogP contribution is -2.50. The Bertz CT molecular complexity index is 473. The van der Waals surface area contributed by atoms with Gasteiger partial charge in [0.2, 0.25) is 5.91 Å². The minimum absolute atomic E-state index is 0.00336. The van der Waals surface area contributed by atoms with Crippen molar-refractivity contribution in [2.75, 3.05) is 11.9 Å². The normalized spacial score (nSPS) is 22.5. The summed E-state index contributed by atoms with van der Waals surface area (Å²) in [6.07, 6.45) is 3.68. The lowest BCUT2D eigenvalue weighted by atomic mass is 9.91. The van der Waals surface area contributed by atoms with Crippen LogP contribution in [0.2, 0.25) is 0 Å². The van der Waals surface area contributed by atoms with E-state index in [1.807, 2.05) is 22.6 Å². The molecule has 1 aliphatic rings. The predicted molar refractivity (Wildman–Crippen MR) is 82.6 cm³/mol. The average molecular weight is 376 g/mol. The van der Waals surface area contributed by atoms with Crippen molar-refractivity contribution in [3.8, 4) is 0 Å². The number of hydrogen-bond donors (Lipinski definition) is 2. The van der Waals surface area contributed by atoms with Gasteiger partial charge in [0, 0.05) is 3.57 Å². The highest BCUT2D eigenvalue weighted by molar-refractivity contribution is 14.1. The summed E-state index contributed by atoms with van der Waals surface area (Å²) in [5, 5.41) is 6.26. The fourth-order valence-electron chi connectivity index (χ4n) is 2.59. The molecular formula is C14H18FIN2O. The first-order chi connectivity index (χ1) is 9.07. The molecule has 0 aliphatic carbocycles. The highest BCUT2D eigenvalue weighted by atomic mass is 127. The van der Waals surface area contributed by atoms with Gasteiger partial charge in [0.05, 0.1) is 11.2 Å². The zero-order chi connectivity index (χ0) is 13.9. The molecule has 0 bridgehead atoms. The molecule has 1 aromatic rings. The number of rotatable bonds is 4. The van der Waals surface area contributed by atoms with E-state index in [0.29, 0.717) is 5.69 Å². The molecule has 0 saturated carbocycles. The molecule has 1 fully saturated rings. The molecule has 2 rings (SSSR count). The summed E-state index contributed by atoms with van der Waals surface area (Å²) >= 11 is 2.03. The Morgan fingerprint density at radius 2 is 2.37 bits per heavy atom. The van der Waals surface area contributed by atoms with Crippen molar-refractivity contribution in [3.63, 3.8) is 0 Å². The molecule has 104 valence electrons. The molecule has 1 heterocycles. The van der Waals surface area contributed by atoms with E-state index in [9.17, 15) is 9.18 Å². The van der Waals surface area contributed by atoms with Gasteiger partial charge in [-0.2, -0.15) is 0 Å². The van der Waals surface area contributed by atoms with Crippen LogP contribution in [0.4, 0.5) is 10.1 Å². The van der Waals surface area contributed by atoms with Gasteiger partial charge in [-0.05, 0) is 66.6 Å². The highest BCUT2D eigenvalue weighted by Gasteiger charge is 2.39. The standard InChI is InChI=1S/C14H18FIN2O/c1-2-6-14(7-3-8-17-14)13(19)18-12-5-4-10(15)9-11(12)16/h4-5,9,17H,2-3,6-8H2,1H3,(H,18,19). The van der Waals surface area contributed by atoms with E-state index in [-0.39, 0.29) is 11.7 Å². The number of hydrogen-bond acceptors (Lipinski definition) is 2. The second-order valence-corrected chi connectivity index (χ2v) is 6.10. The molecule has 2 N–H and O–H groups in total. The van der Waals surface area contributed by atoms with Gasteiger partial charge < -0.3 is 10.6 Å². The van der Waals surface area contributed by atoms with Crippen molar-refractivity contribution in [1.82, 2.24) is 5.32 Å². The summed E-state index contributed by atoms with van der Waals surface area (Å²) in [6, 6.07) is 4.40. The van der Waals surface area contributed by atoms with Gasteiger partial charge in [-0.1, -0.05) is 13.3 Å². The third-order valence-electron chi connectivity index (χ3n) is 3.53. The fourth-order valence-corrected chi connectivity index (χ4v) is 3.20. The zero-order valence-corrected chi connectivity index (χ0v) is 13.1. The fraction of sp³-hybridized carbons (Fsp3) is 0.500. The van der Waals surface area contributed by atoms with Crippen LogP contribution in [0.5, 0.6) is 0 Å². The summed E-state index contributed by atoms with van der Waals surface area (Å²) in [6.45, 7) is 2.96. The van der Waals surface area contributed by atoms with Crippen LogP contribution in [0.25, 0.3) is 0 Å². The molecule has 1 aromatic carbocycles. The van der Waals surface area contributed by atoms with Crippen LogP contribution in [0.15, 0.2) is 18.2 Å². The Kier molecular flexibility index (Phi) is 4.78. The Morgan fingerprint density at radius 3 is 2.95 bits per heavy atom. The Hall–Kier alpha value is -0.690. The van der Waals surface area contributed by atoms with E-state index in [2.05, 4.69) is 17.6 Å². The van der Waals surface area contributed by atoms with Crippen molar-refractivity contribution >= 4 is 34.2 Å². The predicted octanol–water partition coefficient (Wildman–Crippen LogP) is 3.29. The maximum absolute atomic E-state index is 13.1. The summed E-state index contributed by atoms with van der Waals surface area (Å²) < 4.78 is 13.8. The molecule has 1 unspecified atom stereocenters. The number of amides is 1. The average Bonchev–Trinajstić information content (AvgIpc) is 2.83. The molecule has 1 amide bonds. The summed E-state index contributed by atoms with van der Waals surface area (Å²) in [4.78, 5) is 12.5. The van der Waals surface area contributed by atoms with E-state index < -0.39 is 5.54 Å². The molecule has 0 spiro atoms. The van der Waals surface area contributed by atoms with Crippen LogP contribution in [0.1, 0.15) is 32.6 Å². The number of carbonyl (C=O) groups excluding carboxylic acids is 1. The first-order valence-corrected chi connectivity index (χ1v) is 7.67. The smallest absolute Gasteiger partial charge is 0.244 e. The summed E-state index contributed by atoms with van der Waals surface area (Å²) in [5.41, 5.74) is 0.225. The minimum atomic E-state index is -0.452. The quantitative estimate of drug-likeness (QED) is 0.792. The van der Waals surface area contributed by atoms with Crippen LogP contribution in [-0.4, -0.2) is 18.0 Å². The van der Waals surface area contributed by atoms with Crippen LogP contribution in [0, 0.1) is 9.39 Å². The Morgan fingerprint density at radius 1 is 1.58 bits per heavy atom. The van der Waals surface area contributed by atoms with Gasteiger partial charge in [0.1, 0.15) is 5.82 Å². The Balaban J connectivity index is 2.15. The maximum atomic E-state index is 13.1. The lowest BCUT2D eigenvalue weighted by molar-refractivity contribution is -0.122. The number of benzene rings is 1. The van der Waals surface area contributed by atoms with Gasteiger partial charge in [-0.3, -0.25) is 4.79 Å². The van der Waals surface area contributed by atoms with Gasteiger partial charge in [0.15, 0.2) is 0 Å². The van der Waals surface area contributed by atoms with Crippen molar-refractivity contribution in [1.29, 1.82) is 0 Å². The molecule has 3 nitrogen and oxygen atoms in total. The molecule has 5 heteroatoms. The highest BCUT2D eigenvalue weighted by Crippen LogP contribution is 2.27. The monoisotopic (exact) mass is 376 g/mol. The molecule has 19 heavy (non-hydrogen) atoms. The molecule has 1 saturated heterocycles. The van der Waals surface area contributed by atoms with Gasteiger partial charge in [-0.25, -0.2) is 4.39 Å². The number of halogens is 2. The zero-order valence-electron chi connectivity index (χ0n) is 10.9. The molecule has 1 aliphatic heterocycles. The number of anilines is 1. The van der Waals surface area contributed by atoms with Crippen LogP contribution >= 0.6 is 22.6 Å². The lowest BCUT2D eigenvalue weighted by Gasteiger charge is -2.28. The van der Waals surface area contributed by atoms with E-state index in [4.69, 9.17) is 0 Å². The van der Waals surface area contributed by atoms with E-state index >= 15 is 0 Å². The third kappa shape index (κ3) is 3.25. The van der Waals surface area contributed by atoms with Crippen LogP contribution in [0.3, 0.4) is 0 Å². The maximum Gasteiger partial charge on any atom is 0.244 e. The van der Waals surface area contributed by atoms with Crippen molar-refractivity contribution < 1.29 is 9.18 Å². The van der Waals surface area contributed by atoms with Crippen LogP contribution in [-0.2, 0) is 4.79 Å². The molecular weight excluding hydrogens is 358 g/mol. The second kappa shape index (κ2) is 6.17. The number of nitrogens with one attached hydrogen (secondary N) is 2. The summed E-state index contributed by atoms with van der Waals surface area (Å²) in [7, 11) is 0. The minimum Gasteiger partial charge on any atom is -0.324 e. The molecule has 0 radical (unpaired) electrons. The largest absolute Gasteiger partial charge is 0.324 e. The SMILES string of the molecule is CCCC1(C(=O)Nc2ccc(F)cc2I)CCCN1. The van der Waals surface area contributed by atoms with Crippen molar-refractivity contribution in [2.24, 2.45) is 0 Å². The van der Waals surface area contributed by atoms with Gasteiger partial charge in [0.25, 0.3) is 0 Å². The van der Waals surface area contributed by atoms with Crippen LogP contribution < -0.4 is 10.6 Å². The first-order valence-electron chi connectivity index (χ1n) is 6.59. The Labute approximate surface area is 126 Å².